The fourth-order valence-electron chi connectivity index (χ4n) is 2.65. The van der Waals surface area contributed by atoms with E-state index < -0.39 is 5.97 Å². The Balaban J connectivity index is 2.04. The summed E-state index contributed by atoms with van der Waals surface area (Å²) in [7, 11) is 0. The first kappa shape index (κ1) is 13.9. The van der Waals surface area contributed by atoms with E-state index in [2.05, 4.69) is 42.3 Å². The molecule has 0 radical (unpaired) electrons. The van der Waals surface area contributed by atoms with Crippen molar-refractivity contribution in [1.29, 1.82) is 0 Å². The highest BCUT2D eigenvalue weighted by Gasteiger charge is 2.21. The van der Waals surface area contributed by atoms with E-state index in [0.29, 0.717) is 0 Å². The van der Waals surface area contributed by atoms with Crippen LogP contribution in [0.25, 0.3) is 0 Å². The van der Waals surface area contributed by atoms with E-state index >= 15 is 0 Å². The van der Waals surface area contributed by atoms with Crippen molar-refractivity contribution in [3.05, 3.63) is 29.3 Å². The van der Waals surface area contributed by atoms with Crippen molar-refractivity contribution >= 4 is 11.7 Å². The van der Waals surface area contributed by atoms with Crippen molar-refractivity contribution in [2.24, 2.45) is 0 Å². The molecule has 104 valence electrons. The average molecular weight is 262 g/mol. The summed E-state index contributed by atoms with van der Waals surface area (Å²) in [6.45, 7) is 6.22. The van der Waals surface area contributed by atoms with Gasteiger partial charge in [-0.2, -0.15) is 0 Å². The molecule has 1 aromatic carbocycles. The Kier molecular flexibility index (Phi) is 4.43. The molecule has 1 aliphatic heterocycles. The normalized spacial score (nSPS) is 19.5. The second-order valence-corrected chi connectivity index (χ2v) is 5.35. The summed E-state index contributed by atoms with van der Waals surface area (Å²) in [5, 5.41) is 11.8. The number of carboxylic acid groups (broad SMARTS) is 1. The van der Waals surface area contributed by atoms with Crippen LogP contribution in [-0.2, 0) is 4.79 Å². The fourth-order valence-corrected chi connectivity index (χ4v) is 2.65. The lowest BCUT2D eigenvalue weighted by molar-refractivity contribution is -0.136. The van der Waals surface area contributed by atoms with Crippen LogP contribution in [0.2, 0.25) is 0 Å². The predicted octanol–water partition coefficient (Wildman–Crippen LogP) is 1.95. The number of carboxylic acids is 1. The third-order valence-corrected chi connectivity index (χ3v) is 3.67. The molecule has 4 nitrogen and oxygen atoms in total. The number of hydrogen-bond acceptors (Lipinski definition) is 3. The van der Waals surface area contributed by atoms with Gasteiger partial charge in [0.2, 0.25) is 0 Å². The molecule has 1 heterocycles. The Morgan fingerprint density at radius 2 is 2.26 bits per heavy atom. The van der Waals surface area contributed by atoms with Crippen LogP contribution in [0.3, 0.4) is 0 Å². The van der Waals surface area contributed by atoms with Crippen LogP contribution < -0.4 is 10.2 Å². The molecule has 0 aliphatic carbocycles. The maximum absolute atomic E-state index is 10.6. The summed E-state index contributed by atoms with van der Waals surface area (Å²) in [6, 6.07) is 6.77. The Bertz CT molecular complexity index is 459. The molecule has 1 saturated heterocycles. The van der Waals surface area contributed by atoms with Gasteiger partial charge in [0.25, 0.3) is 0 Å². The summed E-state index contributed by atoms with van der Waals surface area (Å²) in [5.41, 5.74) is 3.83. The van der Waals surface area contributed by atoms with Crippen LogP contribution in [0.1, 0.15) is 24.0 Å². The standard InChI is InChI=1S/C15H22N2O2/c1-11-5-6-12(2)14(8-11)17-7-3-4-13(10-17)16-9-15(18)19/h5-6,8,13,16H,3-4,7,9-10H2,1-2H3,(H,18,19). The molecule has 2 N–H and O–H groups in total. The fraction of sp³-hybridized carbons (Fsp3) is 0.533. The van der Waals surface area contributed by atoms with Crippen LogP contribution in [0, 0.1) is 13.8 Å². The van der Waals surface area contributed by atoms with E-state index in [1.54, 1.807) is 0 Å². The van der Waals surface area contributed by atoms with Crippen molar-refractivity contribution in [3.63, 3.8) is 0 Å². The van der Waals surface area contributed by atoms with Gasteiger partial charge in [0.15, 0.2) is 0 Å². The molecule has 19 heavy (non-hydrogen) atoms. The van der Waals surface area contributed by atoms with E-state index in [1.165, 1.54) is 16.8 Å². The van der Waals surface area contributed by atoms with Gasteiger partial charge in [-0.1, -0.05) is 12.1 Å². The Hall–Kier alpha value is -1.55. The second-order valence-electron chi connectivity index (χ2n) is 5.35. The van der Waals surface area contributed by atoms with Crippen molar-refractivity contribution in [1.82, 2.24) is 5.32 Å². The lowest BCUT2D eigenvalue weighted by Crippen LogP contribution is -2.47. The molecule has 0 bridgehead atoms. The van der Waals surface area contributed by atoms with Gasteiger partial charge in [-0.15, -0.1) is 0 Å². The molecule has 1 atom stereocenters. The summed E-state index contributed by atoms with van der Waals surface area (Å²) >= 11 is 0. The van der Waals surface area contributed by atoms with Gasteiger partial charge in [-0.25, -0.2) is 0 Å². The van der Waals surface area contributed by atoms with Crippen molar-refractivity contribution in [3.8, 4) is 0 Å². The van der Waals surface area contributed by atoms with Gasteiger partial charge in [-0.3, -0.25) is 4.79 Å². The minimum absolute atomic E-state index is 0.0469. The lowest BCUT2D eigenvalue weighted by Gasteiger charge is -2.35. The zero-order valence-corrected chi connectivity index (χ0v) is 11.6. The van der Waals surface area contributed by atoms with Crippen molar-refractivity contribution in [2.45, 2.75) is 32.7 Å². The first-order chi connectivity index (χ1) is 9.06. The van der Waals surface area contributed by atoms with Crippen LogP contribution in [0.15, 0.2) is 18.2 Å². The molecule has 1 aliphatic rings. The quantitative estimate of drug-likeness (QED) is 0.871. The molecule has 0 saturated carbocycles. The Morgan fingerprint density at radius 3 is 3.00 bits per heavy atom. The second kappa shape index (κ2) is 6.06. The highest BCUT2D eigenvalue weighted by molar-refractivity contribution is 5.69. The molecule has 1 unspecified atom stereocenters. The van der Waals surface area contributed by atoms with E-state index in [1.807, 2.05) is 0 Å². The molecular weight excluding hydrogens is 240 g/mol. The molecule has 0 aromatic heterocycles. The van der Waals surface area contributed by atoms with Gasteiger partial charge in [0.05, 0.1) is 6.54 Å². The third kappa shape index (κ3) is 3.70. The number of rotatable bonds is 4. The lowest BCUT2D eigenvalue weighted by atomic mass is 10.0. The van der Waals surface area contributed by atoms with Crippen molar-refractivity contribution < 1.29 is 9.90 Å². The molecule has 1 fully saturated rings. The molecule has 0 spiro atoms. The molecule has 4 heteroatoms. The van der Waals surface area contributed by atoms with Crippen LogP contribution >= 0.6 is 0 Å². The van der Waals surface area contributed by atoms with Gasteiger partial charge in [0, 0.05) is 24.8 Å². The van der Waals surface area contributed by atoms with Crippen molar-refractivity contribution in [2.75, 3.05) is 24.5 Å². The average Bonchev–Trinajstić information content (AvgIpc) is 2.39. The predicted molar refractivity (Wildman–Crippen MR) is 76.8 cm³/mol. The van der Waals surface area contributed by atoms with Gasteiger partial charge >= 0.3 is 5.97 Å². The van der Waals surface area contributed by atoms with Gasteiger partial charge in [0.1, 0.15) is 0 Å². The number of aryl methyl sites for hydroxylation is 2. The maximum Gasteiger partial charge on any atom is 0.317 e. The molecular formula is C15H22N2O2. The Morgan fingerprint density at radius 1 is 1.47 bits per heavy atom. The number of aliphatic carboxylic acids is 1. The third-order valence-electron chi connectivity index (χ3n) is 3.67. The maximum atomic E-state index is 10.6. The van der Waals surface area contributed by atoms with E-state index in [4.69, 9.17) is 5.11 Å². The number of nitrogens with one attached hydrogen (secondary N) is 1. The Labute approximate surface area is 114 Å². The first-order valence-electron chi connectivity index (χ1n) is 6.83. The summed E-state index contributed by atoms with van der Waals surface area (Å²) in [5.74, 6) is -0.788. The van der Waals surface area contributed by atoms with Gasteiger partial charge < -0.3 is 15.3 Å². The van der Waals surface area contributed by atoms with Crippen LogP contribution in [-0.4, -0.2) is 36.8 Å². The number of benzene rings is 1. The molecule has 2 rings (SSSR count). The zero-order chi connectivity index (χ0) is 13.8. The molecule has 1 aromatic rings. The van der Waals surface area contributed by atoms with E-state index in [9.17, 15) is 4.79 Å². The monoisotopic (exact) mass is 262 g/mol. The number of carbonyl (C=O) groups is 1. The van der Waals surface area contributed by atoms with Crippen LogP contribution in [0.5, 0.6) is 0 Å². The number of nitrogens with zero attached hydrogens (tertiary/aromatic N) is 1. The molecule has 0 amide bonds. The number of hydrogen-bond donors (Lipinski definition) is 2. The van der Waals surface area contributed by atoms with E-state index in [0.717, 1.165) is 25.9 Å². The smallest absolute Gasteiger partial charge is 0.317 e. The largest absolute Gasteiger partial charge is 0.480 e. The number of anilines is 1. The highest BCUT2D eigenvalue weighted by Crippen LogP contribution is 2.24. The summed E-state index contributed by atoms with van der Waals surface area (Å²) < 4.78 is 0. The van der Waals surface area contributed by atoms with E-state index in [-0.39, 0.29) is 12.6 Å². The zero-order valence-electron chi connectivity index (χ0n) is 11.6. The summed E-state index contributed by atoms with van der Waals surface area (Å²) in [4.78, 5) is 13.0. The topological polar surface area (TPSA) is 52.6 Å². The minimum atomic E-state index is -0.788. The number of piperidine rings is 1. The SMILES string of the molecule is Cc1ccc(C)c(N2CCCC(NCC(=O)O)C2)c1. The minimum Gasteiger partial charge on any atom is -0.480 e. The summed E-state index contributed by atoms with van der Waals surface area (Å²) in [6.07, 6.45) is 2.15. The van der Waals surface area contributed by atoms with Gasteiger partial charge in [-0.05, 0) is 43.9 Å². The highest BCUT2D eigenvalue weighted by atomic mass is 16.4. The van der Waals surface area contributed by atoms with Crippen LogP contribution in [0.4, 0.5) is 5.69 Å². The first-order valence-corrected chi connectivity index (χ1v) is 6.83.